The minimum Gasteiger partial charge on any atom is -0.475 e. The van der Waals surface area contributed by atoms with E-state index in [1.165, 1.54) is 0 Å². The Morgan fingerprint density at radius 2 is 1.89 bits per heavy atom. The summed E-state index contributed by atoms with van der Waals surface area (Å²) in [7, 11) is 0. The first-order valence-corrected chi connectivity index (χ1v) is 11.5. The number of pyridine rings is 2. The van der Waals surface area contributed by atoms with Crippen molar-refractivity contribution in [3.8, 4) is 11.4 Å². The molecule has 0 fully saturated rings. The van der Waals surface area contributed by atoms with Crippen LogP contribution < -0.4 is 5.32 Å². The van der Waals surface area contributed by atoms with Gasteiger partial charge >= 0.3 is 12.1 Å². The highest BCUT2D eigenvalue weighted by Gasteiger charge is 2.38. The maximum atomic E-state index is 12.8. The summed E-state index contributed by atoms with van der Waals surface area (Å²) < 4.78 is 33.8. The van der Waals surface area contributed by atoms with Gasteiger partial charge in [0.1, 0.15) is 0 Å². The van der Waals surface area contributed by atoms with Gasteiger partial charge in [0.2, 0.25) is 0 Å². The van der Waals surface area contributed by atoms with Crippen LogP contribution in [0.5, 0.6) is 0 Å². The van der Waals surface area contributed by atoms with E-state index in [1.54, 1.807) is 17.5 Å². The van der Waals surface area contributed by atoms with Gasteiger partial charge in [-0.05, 0) is 30.3 Å². The molecular weight excluding hydrogens is 481 g/mol. The number of carbonyl (C=O) groups is 2. The van der Waals surface area contributed by atoms with Crippen molar-refractivity contribution in [3.05, 3.63) is 76.5 Å². The van der Waals surface area contributed by atoms with Crippen LogP contribution in [0.4, 0.5) is 13.2 Å². The fourth-order valence-corrected chi connectivity index (χ4v) is 3.98. The smallest absolute Gasteiger partial charge is 0.475 e. The summed E-state index contributed by atoms with van der Waals surface area (Å²) in [4.78, 5) is 30.8. The van der Waals surface area contributed by atoms with Gasteiger partial charge in [-0.25, -0.2) is 9.78 Å². The molecule has 7 nitrogen and oxygen atoms in total. The number of hydrogen-bond donors (Lipinski definition) is 2. The van der Waals surface area contributed by atoms with Crippen molar-refractivity contribution in [2.45, 2.75) is 32.4 Å². The van der Waals surface area contributed by atoms with Crippen molar-refractivity contribution in [3.63, 3.8) is 0 Å². The average molecular weight is 505 g/mol. The first-order chi connectivity index (χ1) is 16.6. The molecule has 0 saturated heterocycles. The molecule has 4 rings (SSSR count). The number of fused-ring (bicyclic) bond motifs is 1. The maximum Gasteiger partial charge on any atom is 0.490 e. The summed E-state index contributed by atoms with van der Waals surface area (Å²) in [6, 6.07) is 13.6. The lowest BCUT2D eigenvalue weighted by Crippen LogP contribution is -2.25. The molecule has 1 amide bonds. The third kappa shape index (κ3) is 6.66. The van der Waals surface area contributed by atoms with Gasteiger partial charge in [-0.1, -0.05) is 26.0 Å². The van der Waals surface area contributed by atoms with Crippen LogP contribution in [0.25, 0.3) is 16.9 Å². The van der Waals surface area contributed by atoms with E-state index in [-0.39, 0.29) is 5.91 Å². The molecule has 0 aliphatic heterocycles. The molecule has 0 aliphatic carbocycles. The third-order valence-corrected chi connectivity index (χ3v) is 5.98. The number of amides is 1. The molecule has 0 unspecified atom stereocenters. The molecule has 0 spiro atoms. The number of aliphatic carboxylic acids is 1. The number of rotatable bonds is 6. The van der Waals surface area contributed by atoms with Gasteiger partial charge in [-0.3, -0.25) is 9.78 Å². The Morgan fingerprint density at radius 3 is 2.49 bits per heavy atom. The third-order valence-electron chi connectivity index (χ3n) is 4.83. The quantitative estimate of drug-likeness (QED) is 0.377. The zero-order valence-electron chi connectivity index (χ0n) is 18.9. The van der Waals surface area contributed by atoms with E-state index in [1.807, 2.05) is 53.1 Å². The molecule has 0 atom stereocenters. The van der Waals surface area contributed by atoms with E-state index in [0.717, 1.165) is 27.6 Å². The highest BCUT2D eigenvalue weighted by Crippen LogP contribution is 2.29. The van der Waals surface area contributed by atoms with Gasteiger partial charge in [0.25, 0.3) is 5.91 Å². The lowest BCUT2D eigenvalue weighted by molar-refractivity contribution is -0.192. The largest absolute Gasteiger partial charge is 0.490 e. The molecule has 0 aliphatic rings. The first kappa shape index (κ1) is 25.9. The number of thiazole rings is 1. The van der Waals surface area contributed by atoms with Crippen LogP contribution >= 0.6 is 11.3 Å². The molecule has 4 aromatic rings. The van der Waals surface area contributed by atoms with E-state index in [4.69, 9.17) is 14.9 Å². The van der Waals surface area contributed by atoms with Crippen molar-refractivity contribution in [2.75, 3.05) is 6.54 Å². The second kappa shape index (κ2) is 11.1. The minimum atomic E-state index is -5.08. The van der Waals surface area contributed by atoms with Crippen molar-refractivity contribution < 1.29 is 27.9 Å². The molecule has 35 heavy (non-hydrogen) atoms. The Balaban J connectivity index is 0.000000429. The van der Waals surface area contributed by atoms with Crippen LogP contribution in [0.3, 0.4) is 0 Å². The van der Waals surface area contributed by atoms with Crippen LogP contribution in [0, 0.1) is 0 Å². The lowest BCUT2D eigenvalue weighted by atomic mass is 10.2. The van der Waals surface area contributed by atoms with Gasteiger partial charge in [0.15, 0.2) is 0 Å². The predicted octanol–water partition coefficient (Wildman–Crippen LogP) is 5.19. The number of carboxylic acids is 1. The zero-order valence-corrected chi connectivity index (χ0v) is 19.7. The molecule has 0 saturated carbocycles. The van der Waals surface area contributed by atoms with E-state index in [9.17, 15) is 18.0 Å². The Labute approximate surface area is 203 Å². The molecule has 2 N–H and O–H groups in total. The van der Waals surface area contributed by atoms with Gasteiger partial charge in [0, 0.05) is 42.4 Å². The van der Waals surface area contributed by atoms with E-state index < -0.39 is 12.1 Å². The minimum absolute atomic E-state index is 0.0785. The van der Waals surface area contributed by atoms with Gasteiger partial charge in [0.05, 0.1) is 27.5 Å². The second-order valence-corrected chi connectivity index (χ2v) is 8.64. The normalized spacial score (nSPS) is 11.3. The fourth-order valence-electron chi connectivity index (χ4n) is 3.15. The summed E-state index contributed by atoms with van der Waals surface area (Å²) in [5, 5.41) is 13.3. The number of halogens is 3. The van der Waals surface area contributed by atoms with Crippen molar-refractivity contribution >= 4 is 28.7 Å². The molecule has 4 aromatic heterocycles. The second-order valence-electron chi connectivity index (χ2n) is 7.75. The fraction of sp³-hybridized carbons (Fsp3) is 0.250. The Morgan fingerprint density at radius 1 is 1.17 bits per heavy atom. The average Bonchev–Trinajstić information content (AvgIpc) is 3.45. The summed E-state index contributed by atoms with van der Waals surface area (Å²) in [5.41, 5.74) is 4.35. The van der Waals surface area contributed by atoms with E-state index >= 15 is 0 Å². The Kier molecular flexibility index (Phi) is 8.23. The van der Waals surface area contributed by atoms with Crippen LogP contribution in [0.2, 0.25) is 0 Å². The summed E-state index contributed by atoms with van der Waals surface area (Å²) >= 11 is 1.66. The monoisotopic (exact) mass is 504 g/mol. The van der Waals surface area contributed by atoms with Gasteiger partial charge in [-0.2, -0.15) is 13.2 Å². The van der Waals surface area contributed by atoms with Crippen LogP contribution in [0.15, 0.2) is 60.2 Å². The molecule has 184 valence electrons. The number of nitrogens with zero attached hydrogens (tertiary/aromatic N) is 3. The number of alkyl halides is 3. The maximum absolute atomic E-state index is 12.8. The molecule has 11 heteroatoms. The van der Waals surface area contributed by atoms with E-state index in [2.05, 4.69) is 29.5 Å². The van der Waals surface area contributed by atoms with Crippen LogP contribution in [-0.2, 0) is 11.2 Å². The summed E-state index contributed by atoms with van der Waals surface area (Å²) in [6.45, 7) is 4.82. The Hall–Kier alpha value is -3.73. The molecule has 0 radical (unpaired) electrons. The lowest BCUT2D eigenvalue weighted by Gasteiger charge is -2.04. The predicted molar refractivity (Wildman–Crippen MR) is 127 cm³/mol. The highest BCUT2D eigenvalue weighted by atomic mass is 32.1. The number of nitrogens with one attached hydrogen (secondary N) is 1. The number of carbonyl (C=O) groups excluding carboxylic acids is 1. The first-order valence-electron chi connectivity index (χ1n) is 10.6. The molecule has 4 heterocycles. The topological polar surface area (TPSA) is 96.6 Å². The molecule has 0 bridgehead atoms. The number of hydrogen-bond acceptors (Lipinski definition) is 5. The molecule has 0 aromatic carbocycles. The zero-order chi connectivity index (χ0) is 25.6. The van der Waals surface area contributed by atoms with Crippen molar-refractivity contribution in [2.24, 2.45) is 0 Å². The standard InChI is InChI=1S/C22H22N4OS.C2HF3O2/c1-15(2)22-25-18(14-28-22)20-13-17(19-8-4-6-12-26(19)20)21(27)24-11-9-16-7-3-5-10-23-16;3-2(4,5)1(6)7/h3-8,10,12-15H,9,11H2,1-2H3,(H,24,27);(H,6,7). The number of carboxylic acid groups (broad SMARTS) is 1. The Bertz CT molecular complexity index is 1300. The summed E-state index contributed by atoms with van der Waals surface area (Å²) in [6.07, 6.45) is -0.636. The van der Waals surface area contributed by atoms with Crippen molar-refractivity contribution in [1.29, 1.82) is 0 Å². The number of aromatic nitrogens is 3. The SMILES string of the molecule is CC(C)c1nc(-c2cc(C(=O)NCCc3ccccn3)c3ccccn23)cs1.O=C(O)C(F)(F)F. The van der Waals surface area contributed by atoms with Gasteiger partial charge in [-0.15, -0.1) is 11.3 Å². The summed E-state index contributed by atoms with van der Waals surface area (Å²) in [5.74, 6) is -2.45. The van der Waals surface area contributed by atoms with Crippen LogP contribution in [-0.4, -0.2) is 44.1 Å². The van der Waals surface area contributed by atoms with Crippen molar-refractivity contribution in [1.82, 2.24) is 19.7 Å². The van der Waals surface area contributed by atoms with Gasteiger partial charge < -0.3 is 14.8 Å². The van der Waals surface area contributed by atoms with E-state index in [0.29, 0.717) is 24.4 Å². The highest BCUT2D eigenvalue weighted by molar-refractivity contribution is 7.10. The van der Waals surface area contributed by atoms with Crippen LogP contribution in [0.1, 0.15) is 40.8 Å². The molecular formula is C24H23F3N4O3S.